The number of thioether (sulfide) groups is 1. The van der Waals surface area contributed by atoms with Gasteiger partial charge in [0, 0.05) is 0 Å². The molecule has 2 rings (SSSR count). The minimum absolute atomic E-state index is 0.162. The lowest BCUT2D eigenvalue weighted by Gasteiger charge is -2.11. The van der Waals surface area contributed by atoms with Gasteiger partial charge in [-0.2, -0.15) is 0 Å². The summed E-state index contributed by atoms with van der Waals surface area (Å²) in [6.07, 6.45) is 1.51. The second-order valence-corrected chi connectivity index (χ2v) is 7.08. The molecule has 1 saturated heterocycles. The fourth-order valence-corrected chi connectivity index (χ4v) is 3.52. The second kappa shape index (κ2) is 9.03. The number of amides is 2. The molecule has 10 heteroatoms. The van der Waals surface area contributed by atoms with E-state index in [-0.39, 0.29) is 11.5 Å². The van der Waals surface area contributed by atoms with Crippen molar-refractivity contribution in [3.63, 3.8) is 0 Å². The maximum Gasteiger partial charge on any atom is 0.326 e. The van der Waals surface area contributed by atoms with Crippen LogP contribution in [0.15, 0.2) is 23.1 Å². The Morgan fingerprint density at radius 3 is 2.69 bits per heavy atom. The third-order valence-electron chi connectivity index (χ3n) is 3.07. The molecule has 1 aromatic carbocycles. The second-order valence-electron chi connectivity index (χ2n) is 4.92. The normalized spacial score (nSPS) is 15.5. The molecule has 0 atom stereocenters. The highest BCUT2D eigenvalue weighted by atomic mass is 127. The quantitative estimate of drug-likeness (QED) is 0.317. The van der Waals surface area contributed by atoms with E-state index in [1.807, 2.05) is 22.6 Å². The van der Waals surface area contributed by atoms with E-state index in [1.54, 1.807) is 25.1 Å². The van der Waals surface area contributed by atoms with Crippen LogP contribution in [0, 0.1) is 3.57 Å². The van der Waals surface area contributed by atoms with Gasteiger partial charge < -0.3 is 19.4 Å². The van der Waals surface area contributed by atoms with Crippen LogP contribution in [-0.4, -0.2) is 47.7 Å². The number of rotatable bonds is 7. The van der Waals surface area contributed by atoms with Gasteiger partial charge in [-0.25, -0.2) is 0 Å². The van der Waals surface area contributed by atoms with Crippen LogP contribution >= 0.6 is 34.4 Å². The average Bonchev–Trinajstić information content (AvgIpc) is 2.82. The summed E-state index contributed by atoms with van der Waals surface area (Å²) in [5, 5.41) is 9.89. The van der Waals surface area contributed by atoms with Crippen LogP contribution in [0.25, 0.3) is 6.08 Å². The maximum atomic E-state index is 12.3. The van der Waals surface area contributed by atoms with E-state index in [4.69, 9.17) is 9.47 Å². The minimum atomic E-state index is -1.33. The molecule has 8 nitrogen and oxygen atoms in total. The van der Waals surface area contributed by atoms with Gasteiger partial charge in [-0.3, -0.25) is 19.3 Å². The molecule has 138 valence electrons. The molecule has 0 unspecified atom stereocenters. The molecule has 1 heterocycles. The first-order valence-corrected chi connectivity index (χ1v) is 9.24. The molecule has 1 aliphatic rings. The lowest BCUT2D eigenvalue weighted by molar-refractivity contribution is -0.307. The number of ether oxygens (including phenoxy) is 2. The summed E-state index contributed by atoms with van der Waals surface area (Å²) >= 11 is 2.69. The smallest absolute Gasteiger partial charge is 0.326 e. The number of imide groups is 1. The molecule has 1 aromatic rings. The zero-order chi connectivity index (χ0) is 19.3. The van der Waals surface area contributed by atoms with Crippen LogP contribution in [0.3, 0.4) is 0 Å². The molecule has 1 fully saturated rings. The molecule has 26 heavy (non-hydrogen) atoms. The Morgan fingerprint density at radius 1 is 1.35 bits per heavy atom. The van der Waals surface area contributed by atoms with E-state index < -0.39 is 36.2 Å². The summed E-state index contributed by atoms with van der Waals surface area (Å²) in [5.41, 5.74) is 0.622. The first kappa shape index (κ1) is 20.2. The number of carboxylic acid groups (broad SMARTS) is 1. The molecule has 0 saturated carbocycles. The Labute approximate surface area is 166 Å². The van der Waals surface area contributed by atoms with Crippen molar-refractivity contribution in [3.05, 3.63) is 32.2 Å². The summed E-state index contributed by atoms with van der Waals surface area (Å²) in [6, 6.07) is 4.84. The van der Waals surface area contributed by atoms with Gasteiger partial charge in [0.25, 0.3) is 11.1 Å². The number of benzene rings is 1. The van der Waals surface area contributed by atoms with E-state index in [9.17, 15) is 24.3 Å². The topological polar surface area (TPSA) is 113 Å². The average molecular weight is 490 g/mol. The van der Waals surface area contributed by atoms with Gasteiger partial charge in [0.05, 0.1) is 21.1 Å². The molecule has 0 spiro atoms. The van der Waals surface area contributed by atoms with Crippen LogP contribution in [-0.2, 0) is 19.1 Å². The highest BCUT2D eigenvalue weighted by molar-refractivity contribution is 14.1. The molecule has 0 N–H and O–H groups in total. The highest BCUT2D eigenvalue weighted by Crippen LogP contribution is 2.33. The summed E-state index contributed by atoms with van der Waals surface area (Å²) in [4.78, 5) is 47.2. The van der Waals surface area contributed by atoms with Gasteiger partial charge in [-0.15, -0.1) is 0 Å². The molecule has 0 aromatic heterocycles. The third kappa shape index (κ3) is 5.21. The van der Waals surface area contributed by atoms with Crippen molar-refractivity contribution < 1.29 is 33.8 Å². The standard InChI is InChI=1S/C16H14INO7S/c1-2-24-14(21)7-18-15(22)12(26-16(18)23)6-9-3-4-11(10(17)5-9)25-8-13(19)20/h3-6H,2,7-8H2,1H3,(H,19,20)/p-1/b12-6+. The van der Waals surface area contributed by atoms with Crippen molar-refractivity contribution in [1.29, 1.82) is 0 Å². The van der Waals surface area contributed by atoms with E-state index in [0.717, 1.165) is 16.7 Å². The Balaban J connectivity index is 2.13. The van der Waals surface area contributed by atoms with Gasteiger partial charge in [0.1, 0.15) is 18.9 Å². The summed E-state index contributed by atoms with van der Waals surface area (Å²) in [6.45, 7) is 0.800. The molecular weight excluding hydrogens is 477 g/mol. The largest absolute Gasteiger partial charge is 0.546 e. The van der Waals surface area contributed by atoms with Gasteiger partial charge in [0.15, 0.2) is 0 Å². The third-order valence-corrected chi connectivity index (χ3v) is 4.82. The lowest BCUT2D eigenvalue weighted by atomic mass is 10.2. The first-order chi connectivity index (χ1) is 12.3. The van der Waals surface area contributed by atoms with Crippen LogP contribution in [0.2, 0.25) is 0 Å². The zero-order valence-corrected chi connectivity index (χ0v) is 16.5. The number of halogens is 1. The molecule has 0 bridgehead atoms. The zero-order valence-electron chi connectivity index (χ0n) is 13.5. The van der Waals surface area contributed by atoms with Crippen molar-refractivity contribution in [2.45, 2.75) is 6.92 Å². The van der Waals surface area contributed by atoms with Crippen molar-refractivity contribution >= 4 is 63.5 Å². The molecule has 2 amide bonds. The number of hydrogen-bond donors (Lipinski definition) is 0. The van der Waals surface area contributed by atoms with Crippen molar-refractivity contribution in [2.75, 3.05) is 19.8 Å². The number of carbonyl (C=O) groups is 4. The van der Waals surface area contributed by atoms with Crippen LogP contribution in [0.4, 0.5) is 4.79 Å². The number of carboxylic acids is 1. The van der Waals surface area contributed by atoms with Gasteiger partial charge in [-0.1, -0.05) is 6.07 Å². The van der Waals surface area contributed by atoms with E-state index in [0.29, 0.717) is 14.9 Å². The van der Waals surface area contributed by atoms with Gasteiger partial charge >= 0.3 is 5.97 Å². The fraction of sp³-hybridized carbons (Fsp3) is 0.250. The maximum absolute atomic E-state index is 12.3. The number of nitrogens with zero attached hydrogens (tertiary/aromatic N) is 1. The lowest BCUT2D eigenvalue weighted by Crippen LogP contribution is -2.34. The fourth-order valence-electron chi connectivity index (χ4n) is 1.98. The predicted molar refractivity (Wildman–Crippen MR) is 99.0 cm³/mol. The van der Waals surface area contributed by atoms with Gasteiger partial charge in [-0.05, 0) is 65.0 Å². The Bertz CT molecular complexity index is 793. The Hall–Kier alpha value is -2.08. The molecular formula is C16H13INO7S-. The number of aliphatic carboxylic acids is 1. The summed E-state index contributed by atoms with van der Waals surface area (Å²) in [5.74, 6) is -2.19. The number of esters is 1. The monoisotopic (exact) mass is 490 g/mol. The van der Waals surface area contributed by atoms with E-state index >= 15 is 0 Å². The highest BCUT2D eigenvalue weighted by Gasteiger charge is 2.36. The molecule has 0 radical (unpaired) electrons. The van der Waals surface area contributed by atoms with E-state index in [1.165, 1.54) is 6.08 Å². The molecule has 1 aliphatic heterocycles. The molecule has 0 aliphatic carbocycles. The van der Waals surface area contributed by atoms with Crippen LogP contribution < -0.4 is 9.84 Å². The van der Waals surface area contributed by atoms with Gasteiger partial charge in [0.2, 0.25) is 0 Å². The van der Waals surface area contributed by atoms with Crippen molar-refractivity contribution in [3.8, 4) is 5.75 Å². The Kier molecular flexibility index (Phi) is 7.03. The predicted octanol–water partition coefficient (Wildman–Crippen LogP) is 1.02. The number of hydrogen-bond acceptors (Lipinski definition) is 8. The van der Waals surface area contributed by atoms with Crippen molar-refractivity contribution in [2.24, 2.45) is 0 Å². The SMILES string of the molecule is CCOC(=O)CN1C(=O)S/C(=C/c2ccc(OCC(=O)[O-])c(I)c2)C1=O. The minimum Gasteiger partial charge on any atom is -0.546 e. The van der Waals surface area contributed by atoms with Crippen LogP contribution in [0.1, 0.15) is 12.5 Å². The summed E-state index contributed by atoms with van der Waals surface area (Å²) in [7, 11) is 0. The summed E-state index contributed by atoms with van der Waals surface area (Å²) < 4.78 is 10.4. The van der Waals surface area contributed by atoms with Crippen LogP contribution in [0.5, 0.6) is 5.75 Å². The number of carbonyl (C=O) groups excluding carboxylic acids is 4. The van der Waals surface area contributed by atoms with E-state index in [2.05, 4.69) is 0 Å². The van der Waals surface area contributed by atoms with Crippen molar-refractivity contribution in [1.82, 2.24) is 4.90 Å². The first-order valence-electron chi connectivity index (χ1n) is 7.35. The Morgan fingerprint density at radius 2 is 2.08 bits per heavy atom.